The molecule has 0 aromatic heterocycles. The average Bonchev–Trinajstić information content (AvgIpc) is 2.77. The van der Waals surface area contributed by atoms with E-state index in [1.54, 1.807) is 17.0 Å². The smallest absolute Gasteiger partial charge is 0.315 e. The molecule has 0 saturated carbocycles. The van der Waals surface area contributed by atoms with Crippen LogP contribution in [0.5, 0.6) is 0 Å². The number of nitrogens with one attached hydrogen (secondary N) is 2. The van der Waals surface area contributed by atoms with Gasteiger partial charge in [-0.2, -0.15) is 0 Å². The monoisotopic (exact) mass is 323 g/mol. The Labute approximate surface area is 136 Å². The van der Waals surface area contributed by atoms with E-state index in [0.717, 1.165) is 5.69 Å². The van der Waals surface area contributed by atoms with Crippen LogP contribution in [0.25, 0.3) is 0 Å². The molecule has 2 rings (SSSR count). The molecule has 1 aliphatic rings. The van der Waals surface area contributed by atoms with Crippen LogP contribution in [0.15, 0.2) is 24.3 Å². The molecule has 0 radical (unpaired) electrons. The summed E-state index contributed by atoms with van der Waals surface area (Å²) in [6.45, 7) is 6.86. The van der Waals surface area contributed by atoms with Gasteiger partial charge in [0.25, 0.3) is 0 Å². The molecule has 1 atom stereocenters. The summed E-state index contributed by atoms with van der Waals surface area (Å²) in [7, 11) is 0. The minimum absolute atomic E-state index is 0.0744. The topological polar surface area (TPSA) is 61.4 Å². The lowest BCUT2D eigenvalue weighted by atomic mass is 10.1. The first-order valence-corrected chi connectivity index (χ1v) is 7.74. The van der Waals surface area contributed by atoms with E-state index >= 15 is 0 Å². The third kappa shape index (κ3) is 4.63. The summed E-state index contributed by atoms with van der Waals surface area (Å²) in [5.74, 6) is 0.194. The van der Waals surface area contributed by atoms with Crippen LogP contribution in [-0.4, -0.2) is 30.6 Å². The van der Waals surface area contributed by atoms with E-state index in [2.05, 4.69) is 10.6 Å². The minimum Gasteiger partial charge on any atom is -0.338 e. The second-order valence-corrected chi connectivity index (χ2v) is 7.07. The van der Waals surface area contributed by atoms with E-state index in [1.807, 2.05) is 32.9 Å². The molecular weight excluding hydrogens is 302 g/mol. The molecule has 1 heterocycles. The third-order valence-corrected chi connectivity index (χ3v) is 3.64. The van der Waals surface area contributed by atoms with Gasteiger partial charge in [0, 0.05) is 41.7 Å². The SMILES string of the molecule is CC(C)(C)NC(=O)NC[C@H]1CC(=O)N(c2ccc(Cl)cc2)C1. The molecule has 2 N–H and O–H groups in total. The van der Waals surface area contributed by atoms with Gasteiger partial charge < -0.3 is 15.5 Å². The Balaban J connectivity index is 1.87. The Bertz CT molecular complexity index is 552. The van der Waals surface area contributed by atoms with Crippen molar-refractivity contribution < 1.29 is 9.59 Å². The summed E-state index contributed by atoms with van der Waals surface area (Å²) in [6, 6.07) is 7.01. The van der Waals surface area contributed by atoms with Gasteiger partial charge in [-0.3, -0.25) is 4.79 Å². The average molecular weight is 324 g/mol. The Morgan fingerprint density at radius 3 is 2.55 bits per heavy atom. The van der Waals surface area contributed by atoms with E-state index < -0.39 is 0 Å². The van der Waals surface area contributed by atoms with Gasteiger partial charge in [-0.25, -0.2) is 4.79 Å². The second-order valence-electron chi connectivity index (χ2n) is 6.64. The zero-order valence-corrected chi connectivity index (χ0v) is 13.9. The Kier molecular flexibility index (Phi) is 4.96. The highest BCUT2D eigenvalue weighted by atomic mass is 35.5. The van der Waals surface area contributed by atoms with Crippen molar-refractivity contribution in [3.8, 4) is 0 Å². The molecule has 0 spiro atoms. The summed E-state index contributed by atoms with van der Waals surface area (Å²) in [5, 5.41) is 6.32. The Morgan fingerprint density at radius 2 is 1.95 bits per heavy atom. The van der Waals surface area contributed by atoms with Gasteiger partial charge in [0.2, 0.25) is 5.91 Å². The van der Waals surface area contributed by atoms with Crippen molar-refractivity contribution >= 4 is 29.2 Å². The molecule has 0 aliphatic carbocycles. The lowest BCUT2D eigenvalue weighted by molar-refractivity contribution is -0.117. The van der Waals surface area contributed by atoms with Crippen molar-refractivity contribution in [1.82, 2.24) is 10.6 Å². The van der Waals surface area contributed by atoms with Crippen LogP contribution < -0.4 is 15.5 Å². The maximum atomic E-state index is 12.1. The number of benzene rings is 1. The number of carbonyl (C=O) groups excluding carboxylic acids is 2. The number of hydrogen-bond acceptors (Lipinski definition) is 2. The molecule has 5 nitrogen and oxygen atoms in total. The van der Waals surface area contributed by atoms with Crippen molar-refractivity contribution in [3.05, 3.63) is 29.3 Å². The molecule has 22 heavy (non-hydrogen) atoms. The van der Waals surface area contributed by atoms with Gasteiger partial charge >= 0.3 is 6.03 Å². The quantitative estimate of drug-likeness (QED) is 0.898. The van der Waals surface area contributed by atoms with Crippen molar-refractivity contribution in [2.75, 3.05) is 18.0 Å². The summed E-state index contributed by atoms with van der Waals surface area (Å²) in [6.07, 6.45) is 0.443. The fraction of sp³-hybridized carbons (Fsp3) is 0.500. The first kappa shape index (κ1) is 16.6. The molecular formula is C16H22ClN3O2. The summed E-state index contributed by atoms with van der Waals surface area (Å²) in [5.41, 5.74) is 0.571. The number of carbonyl (C=O) groups is 2. The van der Waals surface area contributed by atoms with Crippen LogP contribution in [0.4, 0.5) is 10.5 Å². The lowest BCUT2D eigenvalue weighted by Crippen LogP contribution is -2.47. The Morgan fingerprint density at radius 1 is 1.32 bits per heavy atom. The molecule has 1 aromatic rings. The summed E-state index contributed by atoms with van der Waals surface area (Å²) in [4.78, 5) is 25.6. The lowest BCUT2D eigenvalue weighted by Gasteiger charge is -2.21. The van der Waals surface area contributed by atoms with Crippen LogP contribution in [0, 0.1) is 5.92 Å². The molecule has 0 unspecified atom stereocenters. The molecule has 3 amide bonds. The van der Waals surface area contributed by atoms with Gasteiger partial charge in [-0.05, 0) is 45.0 Å². The molecule has 1 saturated heterocycles. The number of halogens is 1. The fourth-order valence-electron chi connectivity index (χ4n) is 2.41. The van der Waals surface area contributed by atoms with E-state index in [0.29, 0.717) is 24.5 Å². The van der Waals surface area contributed by atoms with E-state index in [4.69, 9.17) is 11.6 Å². The van der Waals surface area contributed by atoms with Gasteiger partial charge in [0.1, 0.15) is 0 Å². The molecule has 0 bridgehead atoms. The zero-order valence-electron chi connectivity index (χ0n) is 13.1. The molecule has 6 heteroatoms. The van der Waals surface area contributed by atoms with Crippen molar-refractivity contribution in [1.29, 1.82) is 0 Å². The predicted octanol–water partition coefficient (Wildman–Crippen LogP) is 2.79. The number of hydrogen-bond donors (Lipinski definition) is 2. The summed E-state index contributed by atoms with van der Waals surface area (Å²) < 4.78 is 0. The highest BCUT2D eigenvalue weighted by Crippen LogP contribution is 2.25. The van der Waals surface area contributed by atoms with E-state index in [-0.39, 0.29) is 23.4 Å². The third-order valence-electron chi connectivity index (χ3n) is 3.38. The summed E-state index contributed by atoms with van der Waals surface area (Å²) >= 11 is 5.86. The molecule has 1 aliphatic heterocycles. The Hall–Kier alpha value is -1.75. The van der Waals surface area contributed by atoms with Gasteiger partial charge in [-0.15, -0.1) is 0 Å². The number of amides is 3. The van der Waals surface area contributed by atoms with E-state index in [9.17, 15) is 9.59 Å². The highest BCUT2D eigenvalue weighted by Gasteiger charge is 2.30. The van der Waals surface area contributed by atoms with Crippen LogP contribution in [-0.2, 0) is 4.79 Å². The van der Waals surface area contributed by atoms with Gasteiger partial charge in [0.15, 0.2) is 0 Å². The number of rotatable bonds is 3. The number of nitrogens with zero attached hydrogens (tertiary/aromatic N) is 1. The predicted molar refractivity (Wildman–Crippen MR) is 88.2 cm³/mol. The number of anilines is 1. The van der Waals surface area contributed by atoms with Crippen LogP contribution in [0.1, 0.15) is 27.2 Å². The molecule has 1 fully saturated rings. The fourth-order valence-corrected chi connectivity index (χ4v) is 2.54. The largest absolute Gasteiger partial charge is 0.338 e. The highest BCUT2D eigenvalue weighted by molar-refractivity contribution is 6.30. The number of urea groups is 1. The standard InChI is InChI=1S/C16H22ClN3O2/c1-16(2,3)19-15(22)18-9-11-8-14(21)20(10-11)13-6-4-12(17)5-7-13/h4-7,11H,8-10H2,1-3H3,(H2,18,19,22)/t11-/m1/s1. The zero-order chi connectivity index (χ0) is 16.3. The normalized spacial score (nSPS) is 18.5. The van der Waals surface area contributed by atoms with Gasteiger partial charge in [-0.1, -0.05) is 11.6 Å². The second kappa shape index (κ2) is 6.57. The molecule has 120 valence electrons. The van der Waals surface area contributed by atoms with E-state index in [1.165, 1.54) is 0 Å². The van der Waals surface area contributed by atoms with Crippen molar-refractivity contribution in [3.63, 3.8) is 0 Å². The molecule has 1 aromatic carbocycles. The minimum atomic E-state index is -0.273. The van der Waals surface area contributed by atoms with Crippen LogP contribution >= 0.6 is 11.6 Å². The van der Waals surface area contributed by atoms with Crippen LogP contribution in [0.2, 0.25) is 5.02 Å². The van der Waals surface area contributed by atoms with Gasteiger partial charge in [0.05, 0.1) is 0 Å². The maximum absolute atomic E-state index is 12.1. The first-order valence-electron chi connectivity index (χ1n) is 7.36. The first-order chi connectivity index (χ1) is 10.2. The van der Waals surface area contributed by atoms with Crippen LogP contribution in [0.3, 0.4) is 0 Å². The van der Waals surface area contributed by atoms with Crippen molar-refractivity contribution in [2.24, 2.45) is 5.92 Å². The maximum Gasteiger partial charge on any atom is 0.315 e. The van der Waals surface area contributed by atoms with Crippen molar-refractivity contribution in [2.45, 2.75) is 32.7 Å².